The van der Waals surface area contributed by atoms with Crippen LogP contribution in [0.4, 0.5) is 0 Å². The largest absolute Gasteiger partial charge is 0.487 e. The highest BCUT2D eigenvalue weighted by atomic mass is 16.7. The first-order chi connectivity index (χ1) is 12.8. The average molecular weight is 363 g/mol. The molecular weight excluding hydrogens is 333 g/mol. The minimum absolute atomic E-state index is 0.329. The molecule has 0 bridgehead atoms. The first-order valence-electron chi connectivity index (χ1n) is 9.65. The molecule has 142 valence electrons. The van der Waals surface area contributed by atoms with Gasteiger partial charge >= 0.3 is 7.12 Å². The van der Waals surface area contributed by atoms with Crippen LogP contribution in [-0.2, 0) is 15.9 Å². The predicted octanol–water partition coefficient (Wildman–Crippen LogP) is 4.80. The first kappa shape index (κ1) is 19.9. The normalized spacial score (nSPS) is 18.7. The summed E-state index contributed by atoms with van der Waals surface area (Å²) in [5.74, 6) is 2.11. The van der Waals surface area contributed by atoms with Gasteiger partial charge in [0.05, 0.1) is 11.2 Å². The van der Waals surface area contributed by atoms with Gasteiger partial charge in [0, 0.05) is 13.1 Å². The summed E-state index contributed by atoms with van der Waals surface area (Å²) in [6.45, 7) is 12.0. The van der Waals surface area contributed by atoms with E-state index in [4.69, 9.17) is 9.31 Å². The average Bonchev–Trinajstić information content (AvgIpc) is 2.82. The Morgan fingerprint density at radius 3 is 2.11 bits per heavy atom. The van der Waals surface area contributed by atoms with Gasteiger partial charge in [-0.05, 0) is 57.3 Å². The van der Waals surface area contributed by atoms with Crippen LogP contribution in [0.1, 0.15) is 44.4 Å². The Balaban J connectivity index is 1.77. The number of aryl methyl sites for hydroxylation is 1. The Morgan fingerprint density at radius 1 is 0.926 bits per heavy atom. The van der Waals surface area contributed by atoms with Crippen LogP contribution in [0.15, 0.2) is 60.6 Å². The van der Waals surface area contributed by atoms with Gasteiger partial charge in [0.25, 0.3) is 0 Å². The van der Waals surface area contributed by atoms with Crippen molar-refractivity contribution in [3.05, 3.63) is 77.3 Å². The molecule has 0 radical (unpaired) electrons. The second-order valence-corrected chi connectivity index (χ2v) is 8.27. The van der Waals surface area contributed by atoms with Gasteiger partial charge in [-0.25, -0.2) is 0 Å². The van der Waals surface area contributed by atoms with E-state index in [-0.39, 0.29) is 18.3 Å². The molecule has 1 aliphatic rings. The summed E-state index contributed by atoms with van der Waals surface area (Å²) in [5, 5.41) is 3.55. The second-order valence-electron chi connectivity index (χ2n) is 8.27. The highest BCUT2D eigenvalue weighted by Gasteiger charge is 2.50. The van der Waals surface area contributed by atoms with Crippen molar-refractivity contribution in [2.24, 2.45) is 0 Å². The quantitative estimate of drug-likeness (QED) is 0.748. The van der Waals surface area contributed by atoms with Gasteiger partial charge < -0.3 is 14.6 Å². The van der Waals surface area contributed by atoms with Crippen molar-refractivity contribution >= 4 is 12.7 Å². The summed E-state index contributed by atoms with van der Waals surface area (Å²) < 4.78 is 12.4. The number of hydrogen-bond donors (Lipinski definition) is 1. The Morgan fingerprint density at radius 2 is 1.52 bits per heavy atom. The van der Waals surface area contributed by atoms with Crippen molar-refractivity contribution < 1.29 is 9.31 Å². The van der Waals surface area contributed by atoms with E-state index in [1.54, 1.807) is 0 Å². The molecule has 1 aliphatic heterocycles. The summed E-state index contributed by atoms with van der Waals surface area (Å²) in [6.07, 6.45) is 0. The molecule has 0 unspecified atom stereocenters. The van der Waals surface area contributed by atoms with Crippen molar-refractivity contribution in [3.8, 4) is 0 Å². The molecule has 1 fully saturated rings. The third-order valence-electron chi connectivity index (χ3n) is 5.52. The SMILES string of the molecule is Cc1ccc(/C(=C\B2OC(C)(C)C(C)(C)O2)CNCc2ccccc2)cc1. The van der Waals surface area contributed by atoms with E-state index < -0.39 is 0 Å². The highest BCUT2D eigenvalue weighted by molar-refractivity contribution is 6.53. The van der Waals surface area contributed by atoms with Crippen LogP contribution >= 0.6 is 0 Å². The monoisotopic (exact) mass is 363 g/mol. The molecule has 0 aromatic heterocycles. The van der Waals surface area contributed by atoms with Gasteiger partial charge in [-0.15, -0.1) is 0 Å². The van der Waals surface area contributed by atoms with Gasteiger partial charge in [-0.1, -0.05) is 60.2 Å². The van der Waals surface area contributed by atoms with E-state index in [9.17, 15) is 0 Å². The van der Waals surface area contributed by atoms with Crippen LogP contribution in [0, 0.1) is 6.92 Å². The van der Waals surface area contributed by atoms with Gasteiger partial charge in [0.2, 0.25) is 0 Å². The number of benzene rings is 2. The molecule has 0 aliphatic carbocycles. The van der Waals surface area contributed by atoms with Crippen LogP contribution in [0.3, 0.4) is 0 Å². The van der Waals surface area contributed by atoms with Gasteiger partial charge in [0.1, 0.15) is 0 Å². The third-order valence-corrected chi connectivity index (χ3v) is 5.52. The maximum Gasteiger partial charge on any atom is 0.487 e. The lowest BCUT2D eigenvalue weighted by molar-refractivity contribution is 0.00578. The van der Waals surface area contributed by atoms with Crippen LogP contribution in [0.25, 0.3) is 5.57 Å². The summed E-state index contributed by atoms with van der Waals surface area (Å²) in [7, 11) is -0.343. The van der Waals surface area contributed by atoms with Crippen molar-refractivity contribution in [2.75, 3.05) is 6.54 Å². The Hall–Kier alpha value is -1.88. The lowest BCUT2D eigenvalue weighted by atomic mass is 9.84. The Labute approximate surface area is 163 Å². The molecule has 3 rings (SSSR count). The summed E-state index contributed by atoms with van der Waals surface area (Å²) in [6, 6.07) is 19.1. The lowest BCUT2D eigenvalue weighted by Gasteiger charge is -2.32. The number of rotatable bonds is 6. The summed E-state index contributed by atoms with van der Waals surface area (Å²) >= 11 is 0. The van der Waals surface area contributed by atoms with Gasteiger partial charge in [0.15, 0.2) is 0 Å². The molecule has 3 nitrogen and oxygen atoms in total. The summed E-state index contributed by atoms with van der Waals surface area (Å²) in [4.78, 5) is 0. The number of hydrogen-bond acceptors (Lipinski definition) is 3. The second kappa shape index (κ2) is 8.01. The molecule has 1 N–H and O–H groups in total. The lowest BCUT2D eigenvalue weighted by Crippen LogP contribution is -2.41. The molecule has 27 heavy (non-hydrogen) atoms. The molecule has 0 atom stereocenters. The minimum atomic E-state index is -0.343. The van der Waals surface area contributed by atoms with Gasteiger partial charge in [-0.2, -0.15) is 0 Å². The number of nitrogens with one attached hydrogen (secondary N) is 1. The maximum atomic E-state index is 6.18. The van der Waals surface area contributed by atoms with Crippen molar-refractivity contribution in [2.45, 2.75) is 52.4 Å². The molecule has 1 heterocycles. The van der Waals surface area contributed by atoms with E-state index >= 15 is 0 Å². The van der Waals surface area contributed by atoms with Crippen LogP contribution in [0.2, 0.25) is 0 Å². The third kappa shape index (κ3) is 4.89. The molecule has 2 aromatic rings. The molecule has 1 saturated heterocycles. The van der Waals surface area contributed by atoms with E-state index in [0.717, 1.165) is 13.1 Å². The summed E-state index contributed by atoms with van der Waals surface area (Å²) in [5.41, 5.74) is 4.25. The molecular formula is C23H30BNO2. The first-order valence-corrected chi connectivity index (χ1v) is 9.65. The van der Waals surface area contributed by atoms with Gasteiger partial charge in [-0.3, -0.25) is 0 Å². The standard InChI is InChI=1S/C23H30BNO2/c1-18-11-13-20(14-12-18)21(17-25-16-19-9-7-6-8-10-19)15-24-26-22(2,3)23(4,5)27-24/h6-15,25H,16-17H2,1-5H3/b21-15-. The fourth-order valence-electron chi connectivity index (χ4n) is 3.08. The Bertz CT molecular complexity index is 766. The van der Waals surface area contributed by atoms with E-state index in [1.165, 1.54) is 22.3 Å². The minimum Gasteiger partial charge on any atom is -0.400 e. The molecule has 4 heteroatoms. The van der Waals surface area contributed by atoms with E-state index in [1.807, 2.05) is 6.07 Å². The van der Waals surface area contributed by atoms with Crippen molar-refractivity contribution in [1.82, 2.24) is 5.32 Å². The highest BCUT2D eigenvalue weighted by Crippen LogP contribution is 2.37. The predicted molar refractivity (Wildman–Crippen MR) is 113 cm³/mol. The zero-order valence-corrected chi connectivity index (χ0v) is 17.1. The smallest absolute Gasteiger partial charge is 0.400 e. The zero-order valence-electron chi connectivity index (χ0n) is 17.1. The molecule has 0 saturated carbocycles. The Kier molecular flexibility index (Phi) is 5.90. The van der Waals surface area contributed by atoms with Crippen LogP contribution in [0.5, 0.6) is 0 Å². The van der Waals surface area contributed by atoms with Crippen LogP contribution < -0.4 is 5.32 Å². The topological polar surface area (TPSA) is 30.5 Å². The zero-order chi connectivity index (χ0) is 19.5. The molecule has 2 aromatic carbocycles. The maximum absolute atomic E-state index is 6.18. The van der Waals surface area contributed by atoms with Crippen molar-refractivity contribution in [1.29, 1.82) is 0 Å². The van der Waals surface area contributed by atoms with E-state index in [0.29, 0.717) is 0 Å². The van der Waals surface area contributed by atoms with E-state index in [2.05, 4.69) is 94.4 Å². The molecule has 0 spiro atoms. The van der Waals surface area contributed by atoms with Crippen molar-refractivity contribution in [3.63, 3.8) is 0 Å². The fraction of sp³-hybridized carbons (Fsp3) is 0.391. The van der Waals surface area contributed by atoms with Crippen LogP contribution in [-0.4, -0.2) is 24.9 Å². The molecule has 0 amide bonds. The fourth-order valence-corrected chi connectivity index (χ4v) is 3.08.